The molecule has 2 heterocycles. The molecule has 0 saturated carbocycles. The zero-order valence-corrected chi connectivity index (χ0v) is 19.4. The smallest absolute Gasteiger partial charge is 0.410 e. The minimum atomic E-state index is -4.59. The number of fused-ring (bicyclic) bond motifs is 1. The molecule has 0 aliphatic carbocycles. The molecule has 2 atom stereocenters. The second kappa shape index (κ2) is 9.27. The molecule has 34 heavy (non-hydrogen) atoms. The Labute approximate surface area is 202 Å². The highest BCUT2D eigenvalue weighted by Gasteiger charge is 2.47. The zero-order chi connectivity index (χ0) is 24.6. The van der Waals surface area contributed by atoms with Crippen LogP contribution in [0.25, 0.3) is 0 Å². The first-order valence-corrected chi connectivity index (χ1v) is 10.8. The van der Waals surface area contributed by atoms with E-state index in [1.807, 2.05) is 0 Å². The van der Waals surface area contributed by atoms with E-state index in [1.54, 1.807) is 18.2 Å². The van der Waals surface area contributed by atoms with Crippen molar-refractivity contribution in [3.8, 4) is 11.5 Å². The van der Waals surface area contributed by atoms with Crippen LogP contribution in [-0.4, -0.2) is 36.1 Å². The normalized spacial score (nSPS) is 17.5. The zero-order valence-electron chi connectivity index (χ0n) is 17.9. The molecule has 1 aliphatic heterocycles. The van der Waals surface area contributed by atoms with Crippen LogP contribution in [0.5, 0.6) is 11.5 Å². The number of benzene rings is 2. The topological polar surface area (TPSA) is 77.4 Å². The monoisotopic (exact) mass is 514 g/mol. The Morgan fingerprint density at radius 2 is 1.85 bits per heavy atom. The quantitative estimate of drug-likeness (QED) is 0.428. The van der Waals surface area contributed by atoms with E-state index in [0.29, 0.717) is 22.1 Å². The molecule has 4 rings (SSSR count). The van der Waals surface area contributed by atoms with Crippen LogP contribution in [0.2, 0.25) is 10.0 Å². The second-order valence-electron chi connectivity index (χ2n) is 7.54. The molecule has 0 saturated heterocycles. The van der Waals surface area contributed by atoms with Crippen molar-refractivity contribution in [2.24, 2.45) is 0 Å². The fourth-order valence-corrected chi connectivity index (χ4v) is 4.21. The van der Waals surface area contributed by atoms with Gasteiger partial charge in [0.1, 0.15) is 5.82 Å². The minimum absolute atomic E-state index is 0.0562. The Kier molecular flexibility index (Phi) is 6.55. The van der Waals surface area contributed by atoms with E-state index < -0.39 is 24.2 Å². The summed E-state index contributed by atoms with van der Waals surface area (Å²) in [7, 11) is 2.92. The highest BCUT2D eigenvalue weighted by molar-refractivity contribution is 6.36. The lowest BCUT2D eigenvalue weighted by Gasteiger charge is -2.33. The predicted molar refractivity (Wildman–Crippen MR) is 122 cm³/mol. The number of hydrogen-bond donors (Lipinski definition) is 2. The fraction of sp³-hybridized carbons (Fsp3) is 0.273. The first-order chi connectivity index (χ1) is 16.1. The van der Waals surface area contributed by atoms with Gasteiger partial charge in [0.2, 0.25) is 0 Å². The molecule has 1 aliphatic rings. The van der Waals surface area contributed by atoms with Crippen LogP contribution in [0.15, 0.2) is 42.5 Å². The molecule has 12 heteroatoms. The second-order valence-corrected chi connectivity index (χ2v) is 8.39. The predicted octanol–water partition coefficient (Wildman–Crippen LogP) is 6.12. The summed E-state index contributed by atoms with van der Waals surface area (Å²) in [5, 5.41) is 10.1. The summed E-state index contributed by atoms with van der Waals surface area (Å²) >= 11 is 11.9. The first-order valence-electron chi connectivity index (χ1n) is 10.0. The number of ether oxygens (including phenoxy) is 2. The summed E-state index contributed by atoms with van der Waals surface area (Å²) in [4.78, 5) is 12.7. The Hall–Kier alpha value is -3.11. The van der Waals surface area contributed by atoms with E-state index >= 15 is 0 Å². The number of nitrogens with zero attached hydrogens (tertiary/aromatic N) is 2. The van der Waals surface area contributed by atoms with Crippen molar-refractivity contribution in [1.82, 2.24) is 9.78 Å². The van der Waals surface area contributed by atoms with Gasteiger partial charge in [-0.05, 0) is 35.9 Å². The Morgan fingerprint density at radius 3 is 2.50 bits per heavy atom. The van der Waals surface area contributed by atoms with Gasteiger partial charge in [-0.15, -0.1) is 0 Å². The van der Waals surface area contributed by atoms with Crippen LogP contribution in [0.4, 0.5) is 24.7 Å². The van der Waals surface area contributed by atoms with Crippen LogP contribution in [-0.2, 0) is 0 Å². The molecule has 0 bridgehead atoms. The van der Waals surface area contributed by atoms with Gasteiger partial charge < -0.3 is 20.1 Å². The summed E-state index contributed by atoms with van der Waals surface area (Å²) in [6, 6.07) is 7.97. The van der Waals surface area contributed by atoms with Crippen LogP contribution < -0.4 is 20.1 Å². The van der Waals surface area contributed by atoms with Gasteiger partial charge in [0.15, 0.2) is 23.2 Å². The van der Waals surface area contributed by atoms with Gasteiger partial charge in [-0.25, -0.2) is 4.68 Å². The Balaban J connectivity index is 1.65. The molecule has 1 aromatic heterocycles. The number of halogens is 5. The van der Waals surface area contributed by atoms with Crippen molar-refractivity contribution < 1.29 is 27.4 Å². The number of methoxy groups -OCH3 is 2. The first kappa shape index (κ1) is 24.0. The highest BCUT2D eigenvalue weighted by atomic mass is 35.5. The molecule has 0 radical (unpaired) electrons. The van der Waals surface area contributed by atoms with Gasteiger partial charge in [0.25, 0.3) is 5.91 Å². The summed E-state index contributed by atoms with van der Waals surface area (Å²) < 4.78 is 53.1. The number of carbonyl (C=O) groups is 1. The van der Waals surface area contributed by atoms with Crippen molar-refractivity contribution in [2.45, 2.75) is 24.7 Å². The van der Waals surface area contributed by atoms with Crippen LogP contribution >= 0.6 is 23.2 Å². The van der Waals surface area contributed by atoms with Crippen LogP contribution in [0.3, 0.4) is 0 Å². The minimum Gasteiger partial charge on any atom is -0.493 e. The maximum absolute atomic E-state index is 14.0. The van der Waals surface area contributed by atoms with E-state index in [1.165, 1.54) is 38.5 Å². The third kappa shape index (κ3) is 4.74. The SMILES string of the molecule is COc1ccc([C@H]2C[C@H](C(F)(F)F)n3nc(C(=O)Nc4ccc(Cl)cc4Cl)cc3N2)cc1OC. The van der Waals surface area contributed by atoms with E-state index in [2.05, 4.69) is 15.7 Å². The molecular formula is C22H19Cl2F3N4O3. The lowest BCUT2D eigenvalue weighted by atomic mass is 9.96. The van der Waals surface area contributed by atoms with Gasteiger partial charge in [0, 0.05) is 17.5 Å². The van der Waals surface area contributed by atoms with E-state index in [0.717, 1.165) is 4.68 Å². The van der Waals surface area contributed by atoms with Crippen molar-refractivity contribution in [3.05, 3.63) is 63.8 Å². The van der Waals surface area contributed by atoms with Crippen molar-refractivity contribution in [1.29, 1.82) is 0 Å². The lowest BCUT2D eigenvalue weighted by Crippen LogP contribution is -2.35. The summed E-state index contributed by atoms with van der Waals surface area (Å²) in [5.74, 6) is 0.195. The van der Waals surface area contributed by atoms with Crippen LogP contribution in [0, 0.1) is 0 Å². The van der Waals surface area contributed by atoms with Crippen molar-refractivity contribution in [3.63, 3.8) is 0 Å². The molecule has 2 aromatic carbocycles. The van der Waals surface area contributed by atoms with Gasteiger partial charge in [-0.1, -0.05) is 29.3 Å². The third-order valence-electron chi connectivity index (χ3n) is 5.41. The van der Waals surface area contributed by atoms with E-state index in [4.69, 9.17) is 32.7 Å². The molecule has 1 amide bonds. The molecule has 0 fully saturated rings. The molecule has 7 nitrogen and oxygen atoms in total. The number of aromatic nitrogens is 2. The molecule has 180 valence electrons. The lowest BCUT2D eigenvalue weighted by molar-refractivity contribution is -0.173. The van der Waals surface area contributed by atoms with Crippen molar-refractivity contribution >= 4 is 40.6 Å². The van der Waals surface area contributed by atoms with Gasteiger partial charge in [0.05, 0.1) is 31.0 Å². The number of rotatable bonds is 5. The molecule has 3 aromatic rings. The summed E-state index contributed by atoms with van der Waals surface area (Å²) in [5.41, 5.74) is 0.625. The summed E-state index contributed by atoms with van der Waals surface area (Å²) in [6.07, 6.45) is -4.93. The van der Waals surface area contributed by atoms with Gasteiger partial charge >= 0.3 is 6.18 Å². The Bertz CT molecular complexity index is 1230. The maximum atomic E-state index is 14.0. The van der Waals surface area contributed by atoms with Crippen LogP contribution in [0.1, 0.15) is 34.6 Å². The van der Waals surface area contributed by atoms with E-state index in [-0.39, 0.29) is 28.6 Å². The number of alkyl halides is 3. The summed E-state index contributed by atoms with van der Waals surface area (Å²) in [6.45, 7) is 0. The fourth-order valence-electron chi connectivity index (χ4n) is 3.75. The van der Waals surface area contributed by atoms with Gasteiger partial charge in [-0.2, -0.15) is 18.3 Å². The third-order valence-corrected chi connectivity index (χ3v) is 5.96. The number of hydrogen-bond acceptors (Lipinski definition) is 5. The molecule has 0 unspecified atom stereocenters. The molecule has 0 spiro atoms. The standard InChI is InChI=1S/C22H19Cl2F3N4O3/c1-33-17-6-3-11(7-18(17)34-2)15-9-19(22(25,26)27)31-20(28-15)10-16(30-31)21(32)29-14-5-4-12(23)8-13(14)24/h3-8,10,15,19,28H,9H2,1-2H3,(H,29,32)/t15-,19-/m1/s1. The number of carbonyl (C=O) groups excluding carboxylic acids is 1. The largest absolute Gasteiger partial charge is 0.493 e. The van der Waals surface area contributed by atoms with E-state index in [9.17, 15) is 18.0 Å². The Morgan fingerprint density at radius 1 is 1.12 bits per heavy atom. The number of amides is 1. The molecular weight excluding hydrogens is 496 g/mol. The number of nitrogens with one attached hydrogen (secondary N) is 2. The average molecular weight is 515 g/mol. The highest BCUT2D eigenvalue weighted by Crippen LogP contribution is 2.44. The number of anilines is 2. The maximum Gasteiger partial charge on any atom is 0.410 e. The molecule has 2 N–H and O–H groups in total. The van der Waals surface area contributed by atoms with Gasteiger partial charge in [-0.3, -0.25) is 4.79 Å². The van der Waals surface area contributed by atoms with Crippen molar-refractivity contribution in [2.75, 3.05) is 24.9 Å². The average Bonchev–Trinajstić information content (AvgIpc) is 3.23.